The van der Waals surface area contributed by atoms with E-state index in [1.54, 1.807) is 12.4 Å². The number of nitrogens with zero attached hydrogens (tertiary/aromatic N) is 2. The molecule has 2 N–H and O–H groups in total. The first-order chi connectivity index (χ1) is 9.35. The number of nitrogens with one attached hydrogen (secondary N) is 2. The largest absolute Gasteiger partial charge is 0.490 e. The zero-order valence-electron chi connectivity index (χ0n) is 11.4. The summed E-state index contributed by atoms with van der Waals surface area (Å²) >= 11 is 0. The van der Waals surface area contributed by atoms with Gasteiger partial charge in [0.1, 0.15) is 5.82 Å². The van der Waals surface area contributed by atoms with Crippen molar-refractivity contribution in [2.75, 3.05) is 11.9 Å². The topological polar surface area (TPSA) is 62.8 Å². The molecule has 2 aromatic heterocycles. The standard InChI is InChI=1S/C14H20N4O/c1-3-10-19-12-6-5-7-15-14(12)18-11(4-2)13-16-8-9-17-13/h5-9,11H,3-4,10H2,1-2H3,(H,15,18)(H,16,17). The number of imidazole rings is 1. The van der Waals surface area contributed by atoms with E-state index in [-0.39, 0.29) is 6.04 Å². The van der Waals surface area contributed by atoms with Crippen molar-refractivity contribution in [1.29, 1.82) is 0 Å². The van der Waals surface area contributed by atoms with Gasteiger partial charge in [-0.2, -0.15) is 0 Å². The van der Waals surface area contributed by atoms with Crippen molar-refractivity contribution in [1.82, 2.24) is 15.0 Å². The molecule has 0 bridgehead atoms. The average Bonchev–Trinajstić information content (AvgIpc) is 2.97. The zero-order chi connectivity index (χ0) is 13.5. The number of ether oxygens (including phenoxy) is 1. The van der Waals surface area contributed by atoms with Crippen molar-refractivity contribution in [2.24, 2.45) is 0 Å². The van der Waals surface area contributed by atoms with Gasteiger partial charge in [-0.05, 0) is 25.0 Å². The predicted molar refractivity (Wildman–Crippen MR) is 75.3 cm³/mol. The van der Waals surface area contributed by atoms with Crippen LogP contribution >= 0.6 is 0 Å². The van der Waals surface area contributed by atoms with Crippen LogP contribution in [0.1, 0.15) is 38.6 Å². The molecule has 2 rings (SSSR count). The van der Waals surface area contributed by atoms with Crippen molar-refractivity contribution >= 4 is 5.82 Å². The van der Waals surface area contributed by atoms with E-state index < -0.39 is 0 Å². The molecule has 2 heterocycles. The van der Waals surface area contributed by atoms with Crippen LogP contribution in [0.4, 0.5) is 5.82 Å². The highest BCUT2D eigenvalue weighted by Gasteiger charge is 2.14. The van der Waals surface area contributed by atoms with Gasteiger partial charge in [-0.25, -0.2) is 9.97 Å². The van der Waals surface area contributed by atoms with E-state index in [1.165, 1.54) is 0 Å². The van der Waals surface area contributed by atoms with E-state index >= 15 is 0 Å². The lowest BCUT2D eigenvalue weighted by Gasteiger charge is -2.17. The Morgan fingerprint density at radius 3 is 2.89 bits per heavy atom. The summed E-state index contributed by atoms with van der Waals surface area (Å²) in [6, 6.07) is 3.91. The Hall–Kier alpha value is -2.04. The monoisotopic (exact) mass is 260 g/mol. The Bertz CT molecular complexity index is 484. The second-order valence-corrected chi connectivity index (χ2v) is 4.28. The average molecular weight is 260 g/mol. The smallest absolute Gasteiger partial charge is 0.169 e. The van der Waals surface area contributed by atoms with Crippen LogP contribution in [-0.4, -0.2) is 21.6 Å². The third-order valence-corrected chi connectivity index (χ3v) is 2.80. The molecule has 1 atom stereocenters. The summed E-state index contributed by atoms with van der Waals surface area (Å²) in [6.07, 6.45) is 7.23. The molecule has 19 heavy (non-hydrogen) atoms. The van der Waals surface area contributed by atoms with Gasteiger partial charge in [-0.15, -0.1) is 0 Å². The summed E-state index contributed by atoms with van der Waals surface area (Å²) in [6.45, 7) is 4.88. The van der Waals surface area contributed by atoms with Gasteiger partial charge >= 0.3 is 0 Å². The number of hydrogen-bond donors (Lipinski definition) is 2. The van der Waals surface area contributed by atoms with Crippen molar-refractivity contribution in [3.05, 3.63) is 36.5 Å². The lowest BCUT2D eigenvalue weighted by atomic mass is 10.2. The van der Waals surface area contributed by atoms with E-state index in [0.29, 0.717) is 6.61 Å². The van der Waals surface area contributed by atoms with Crippen LogP contribution < -0.4 is 10.1 Å². The fourth-order valence-corrected chi connectivity index (χ4v) is 1.82. The Morgan fingerprint density at radius 1 is 1.32 bits per heavy atom. The molecule has 0 saturated heterocycles. The Morgan fingerprint density at radius 2 is 2.21 bits per heavy atom. The van der Waals surface area contributed by atoms with Gasteiger partial charge in [-0.1, -0.05) is 13.8 Å². The molecule has 0 radical (unpaired) electrons. The van der Waals surface area contributed by atoms with E-state index in [4.69, 9.17) is 4.74 Å². The van der Waals surface area contributed by atoms with E-state index in [0.717, 1.165) is 30.2 Å². The zero-order valence-corrected chi connectivity index (χ0v) is 11.4. The Labute approximate surface area is 113 Å². The van der Waals surface area contributed by atoms with Gasteiger partial charge in [0.15, 0.2) is 11.6 Å². The molecule has 0 aromatic carbocycles. The molecule has 5 nitrogen and oxygen atoms in total. The molecule has 102 valence electrons. The minimum absolute atomic E-state index is 0.105. The highest BCUT2D eigenvalue weighted by atomic mass is 16.5. The predicted octanol–water partition coefficient (Wildman–Crippen LogP) is 3.16. The van der Waals surface area contributed by atoms with Crippen molar-refractivity contribution in [2.45, 2.75) is 32.7 Å². The molecule has 0 aliphatic heterocycles. The quantitative estimate of drug-likeness (QED) is 0.802. The highest BCUT2D eigenvalue weighted by Crippen LogP contribution is 2.26. The Balaban J connectivity index is 2.13. The van der Waals surface area contributed by atoms with Crippen LogP contribution in [0.25, 0.3) is 0 Å². The van der Waals surface area contributed by atoms with Crippen LogP contribution in [0.2, 0.25) is 0 Å². The SMILES string of the molecule is CCCOc1cccnc1NC(CC)c1ncc[nH]1. The molecule has 1 unspecified atom stereocenters. The van der Waals surface area contributed by atoms with Crippen molar-refractivity contribution in [3.63, 3.8) is 0 Å². The normalized spacial score (nSPS) is 12.1. The van der Waals surface area contributed by atoms with Crippen LogP contribution in [0.15, 0.2) is 30.7 Å². The first kappa shape index (κ1) is 13.4. The number of aromatic amines is 1. The molecule has 0 fully saturated rings. The fourth-order valence-electron chi connectivity index (χ4n) is 1.82. The van der Waals surface area contributed by atoms with Crippen molar-refractivity contribution in [3.8, 4) is 5.75 Å². The summed E-state index contributed by atoms with van der Waals surface area (Å²) in [5, 5.41) is 3.38. The minimum Gasteiger partial charge on any atom is -0.490 e. The molecule has 0 aliphatic rings. The first-order valence-electron chi connectivity index (χ1n) is 6.68. The molecule has 5 heteroatoms. The van der Waals surface area contributed by atoms with Crippen LogP contribution in [0, 0.1) is 0 Å². The van der Waals surface area contributed by atoms with Gasteiger partial charge in [0.05, 0.1) is 12.6 Å². The third kappa shape index (κ3) is 3.47. The lowest BCUT2D eigenvalue weighted by Crippen LogP contribution is -2.13. The lowest BCUT2D eigenvalue weighted by molar-refractivity contribution is 0.317. The van der Waals surface area contributed by atoms with E-state index in [9.17, 15) is 0 Å². The number of pyridine rings is 1. The van der Waals surface area contributed by atoms with Crippen LogP contribution in [0.5, 0.6) is 5.75 Å². The van der Waals surface area contributed by atoms with Gasteiger partial charge in [0.2, 0.25) is 0 Å². The third-order valence-electron chi connectivity index (χ3n) is 2.80. The summed E-state index contributed by atoms with van der Waals surface area (Å²) in [4.78, 5) is 11.8. The van der Waals surface area contributed by atoms with Gasteiger partial charge < -0.3 is 15.0 Å². The summed E-state index contributed by atoms with van der Waals surface area (Å²) in [5.41, 5.74) is 0. The van der Waals surface area contributed by atoms with Gasteiger partial charge in [-0.3, -0.25) is 0 Å². The van der Waals surface area contributed by atoms with Crippen molar-refractivity contribution < 1.29 is 4.74 Å². The van der Waals surface area contributed by atoms with E-state index in [1.807, 2.05) is 18.3 Å². The number of rotatable bonds is 7. The maximum absolute atomic E-state index is 5.69. The molecule has 0 saturated carbocycles. The molecule has 0 amide bonds. The summed E-state index contributed by atoms with van der Waals surface area (Å²) in [7, 11) is 0. The first-order valence-corrected chi connectivity index (χ1v) is 6.68. The molecule has 0 spiro atoms. The van der Waals surface area contributed by atoms with Crippen LogP contribution in [0.3, 0.4) is 0 Å². The summed E-state index contributed by atoms with van der Waals surface area (Å²) in [5.74, 6) is 2.46. The second kappa shape index (κ2) is 6.78. The number of aromatic nitrogens is 3. The highest BCUT2D eigenvalue weighted by molar-refractivity contribution is 5.50. The molecule has 0 aliphatic carbocycles. The second-order valence-electron chi connectivity index (χ2n) is 4.28. The number of hydrogen-bond acceptors (Lipinski definition) is 4. The molecular weight excluding hydrogens is 240 g/mol. The van der Waals surface area contributed by atoms with Crippen LogP contribution in [-0.2, 0) is 0 Å². The number of anilines is 1. The molecule has 2 aromatic rings. The van der Waals surface area contributed by atoms with E-state index in [2.05, 4.69) is 34.1 Å². The Kier molecular flexibility index (Phi) is 4.78. The van der Waals surface area contributed by atoms with Gasteiger partial charge in [0.25, 0.3) is 0 Å². The minimum atomic E-state index is 0.105. The maximum atomic E-state index is 5.69. The number of H-pyrrole nitrogens is 1. The molecular formula is C14H20N4O. The van der Waals surface area contributed by atoms with Gasteiger partial charge in [0, 0.05) is 18.6 Å². The maximum Gasteiger partial charge on any atom is 0.169 e. The fraction of sp³-hybridized carbons (Fsp3) is 0.429. The summed E-state index contributed by atoms with van der Waals surface area (Å²) < 4.78 is 5.69.